The molecule has 6 heteroatoms. The van der Waals surface area contributed by atoms with Gasteiger partial charge in [0.25, 0.3) is 0 Å². The zero-order valence-corrected chi connectivity index (χ0v) is 39.2. The highest BCUT2D eigenvalue weighted by atomic mass is 31.1. The minimum atomic E-state index is -0.370. The van der Waals surface area contributed by atoms with Gasteiger partial charge in [0, 0.05) is 65.1 Å². The molecule has 62 heavy (non-hydrogen) atoms. The van der Waals surface area contributed by atoms with E-state index in [0.717, 1.165) is 18.5 Å². The average molecular weight is 853 g/mol. The largest absolute Gasteiger partial charge is 0.373 e. The Labute approximate surface area is 374 Å². The van der Waals surface area contributed by atoms with Gasteiger partial charge in [-0.1, -0.05) is 140 Å². The van der Waals surface area contributed by atoms with Crippen LogP contribution in [0.25, 0.3) is 0 Å². The van der Waals surface area contributed by atoms with Gasteiger partial charge in [-0.15, -0.1) is 0 Å². The summed E-state index contributed by atoms with van der Waals surface area (Å²) >= 11 is 0. The number of hydrogen-bond donors (Lipinski definition) is 0. The van der Waals surface area contributed by atoms with Gasteiger partial charge in [0.2, 0.25) is 0 Å². The molecule has 0 aromatic heterocycles. The fourth-order valence-electron chi connectivity index (χ4n) is 17.0. The lowest BCUT2D eigenvalue weighted by molar-refractivity contribution is -0.254. The first-order valence-electron chi connectivity index (χ1n) is 25.4. The van der Waals surface area contributed by atoms with Crippen LogP contribution in [0.15, 0.2) is 91.0 Å². The van der Waals surface area contributed by atoms with Crippen molar-refractivity contribution in [1.29, 1.82) is 0 Å². The Kier molecular flexibility index (Phi) is 9.53. The summed E-state index contributed by atoms with van der Waals surface area (Å²) in [6.45, 7) is 14.9. The first-order chi connectivity index (χ1) is 30.0. The molecule has 10 fully saturated rings. The molecule has 5 aliphatic heterocycles. The Morgan fingerprint density at radius 2 is 0.855 bits per heavy atom. The molecule has 330 valence electrons. The quantitative estimate of drug-likeness (QED) is 0.245. The maximum atomic E-state index is 7.98. The molecule has 18 unspecified atom stereocenters. The summed E-state index contributed by atoms with van der Waals surface area (Å²) in [5.74, 6) is 2.67. The molecule has 3 aromatic carbocycles. The Morgan fingerprint density at radius 1 is 0.435 bits per heavy atom. The Morgan fingerprint density at radius 3 is 1.27 bits per heavy atom. The van der Waals surface area contributed by atoms with E-state index in [9.17, 15) is 0 Å². The maximum absolute atomic E-state index is 7.98. The molecule has 5 heterocycles. The lowest BCUT2D eigenvalue weighted by Gasteiger charge is -2.77. The SMILES string of the molecule is CC(C)(C)C1CCC2C(C1)OC1C(c3ccccc3)CC3OC4CC(c5ccccc5)C5OC6CC(C(C)(C)C)CCC6N6C7CC(c8ccccc8)CC8C7P(C3C1N28)C4C56. The highest BCUT2D eigenvalue weighted by Crippen LogP contribution is 2.76. The van der Waals surface area contributed by atoms with Crippen LogP contribution in [0.1, 0.15) is 140 Å². The zero-order chi connectivity index (χ0) is 41.8. The summed E-state index contributed by atoms with van der Waals surface area (Å²) in [6, 6.07) is 38.1. The van der Waals surface area contributed by atoms with E-state index in [1.807, 2.05) is 0 Å². The second kappa shape index (κ2) is 14.7. The molecular formula is C56H73N2O3P. The van der Waals surface area contributed by atoms with E-state index in [0.29, 0.717) is 100 Å². The summed E-state index contributed by atoms with van der Waals surface area (Å²) in [4.78, 5) is 6.61. The molecule has 0 N–H and O–H groups in total. The van der Waals surface area contributed by atoms with Crippen molar-refractivity contribution in [3.05, 3.63) is 108 Å². The molecule has 0 bridgehead atoms. The number of ether oxygens (including phenoxy) is 3. The van der Waals surface area contributed by atoms with Gasteiger partial charge in [-0.2, -0.15) is 0 Å². The Bertz CT molecular complexity index is 1980. The zero-order valence-electron chi connectivity index (χ0n) is 38.3. The molecule has 13 rings (SSSR count). The smallest absolute Gasteiger partial charge is 0.0811 e. The van der Waals surface area contributed by atoms with E-state index in [2.05, 4.69) is 142 Å². The van der Waals surface area contributed by atoms with E-state index in [1.54, 1.807) is 5.56 Å². The van der Waals surface area contributed by atoms with Gasteiger partial charge in [0.05, 0.1) is 36.6 Å². The van der Waals surface area contributed by atoms with E-state index in [1.165, 1.54) is 62.5 Å². The van der Waals surface area contributed by atoms with E-state index < -0.39 is 0 Å². The Hall–Kier alpha value is -2.11. The molecule has 5 saturated carbocycles. The second-order valence-corrected chi connectivity index (χ2v) is 27.1. The topological polar surface area (TPSA) is 34.2 Å². The van der Waals surface area contributed by atoms with E-state index in [-0.39, 0.29) is 32.3 Å². The van der Waals surface area contributed by atoms with Gasteiger partial charge in [0.1, 0.15) is 0 Å². The highest BCUT2D eigenvalue weighted by Gasteiger charge is 2.74. The van der Waals surface area contributed by atoms with Crippen molar-refractivity contribution in [2.75, 3.05) is 0 Å². The molecule has 5 aliphatic carbocycles. The van der Waals surface area contributed by atoms with Gasteiger partial charge in [-0.25, -0.2) is 0 Å². The lowest BCUT2D eigenvalue weighted by Crippen LogP contribution is -2.85. The number of nitrogens with zero attached hydrogens (tertiary/aromatic N) is 2. The third-order valence-electron chi connectivity index (χ3n) is 19.7. The summed E-state index contributed by atoms with van der Waals surface area (Å²) in [6.07, 6.45) is 14.0. The fourth-order valence-corrected chi connectivity index (χ4v) is 22.1. The lowest BCUT2D eigenvalue weighted by atomic mass is 9.64. The van der Waals surface area contributed by atoms with Crippen molar-refractivity contribution in [1.82, 2.24) is 9.80 Å². The van der Waals surface area contributed by atoms with Gasteiger partial charge in [0.15, 0.2) is 0 Å². The van der Waals surface area contributed by atoms with E-state index in [4.69, 9.17) is 14.2 Å². The monoisotopic (exact) mass is 853 g/mol. The fraction of sp³-hybridized carbons (Fsp3) is 0.679. The average Bonchev–Trinajstić information content (AvgIpc) is 3.28. The van der Waals surface area contributed by atoms with Crippen molar-refractivity contribution in [2.24, 2.45) is 22.7 Å². The Balaban J connectivity index is 0.996. The standard InChI is InChI=1S/C56H73N2O3P/c1-55(2,3)36-22-24-40-44(28-36)60-50-38(33-18-12-8-13-19-33)30-46-53-48(50)57(40)42-26-35(32-16-10-7-11-17-32)27-43-52(42)62(53)54-47(59-46)31-39(34-20-14-9-15-21-34)51-49(54)58(43)41-25-23-37(56(4,5)6)29-45(41)61-51/h7-21,35-54H,22-31H2,1-6H3. The minimum Gasteiger partial charge on any atom is -0.373 e. The first-order valence-corrected chi connectivity index (χ1v) is 27.0. The third kappa shape index (κ3) is 6.06. The van der Waals surface area contributed by atoms with Crippen LogP contribution in [0.2, 0.25) is 0 Å². The molecule has 3 aromatic rings. The predicted octanol–water partition coefficient (Wildman–Crippen LogP) is 11.4. The number of fused-ring (bicyclic) bond motifs is 6. The molecule has 10 aliphatic rings. The third-order valence-corrected chi connectivity index (χ3v) is 23.7. The van der Waals surface area contributed by atoms with Crippen molar-refractivity contribution in [2.45, 2.75) is 213 Å². The van der Waals surface area contributed by atoms with Crippen LogP contribution in [0, 0.1) is 22.7 Å². The summed E-state index contributed by atoms with van der Waals surface area (Å²) in [5, 5.41) is 0. The van der Waals surface area contributed by atoms with Crippen molar-refractivity contribution in [3.8, 4) is 0 Å². The van der Waals surface area contributed by atoms with Crippen LogP contribution in [-0.4, -0.2) is 99.7 Å². The van der Waals surface area contributed by atoms with Gasteiger partial charge in [-0.05, 0) is 109 Å². The maximum Gasteiger partial charge on any atom is 0.0811 e. The summed E-state index contributed by atoms with van der Waals surface area (Å²) < 4.78 is 23.8. The second-order valence-electron chi connectivity index (χ2n) is 24.4. The van der Waals surface area contributed by atoms with Gasteiger partial charge < -0.3 is 14.2 Å². The van der Waals surface area contributed by atoms with Crippen LogP contribution in [0.5, 0.6) is 0 Å². The van der Waals surface area contributed by atoms with Crippen LogP contribution >= 0.6 is 7.92 Å². The van der Waals surface area contributed by atoms with Crippen LogP contribution in [0.4, 0.5) is 0 Å². The van der Waals surface area contributed by atoms with Crippen molar-refractivity contribution < 1.29 is 14.2 Å². The minimum absolute atomic E-state index is 0.215. The van der Waals surface area contributed by atoms with Crippen LogP contribution in [0.3, 0.4) is 0 Å². The number of benzene rings is 3. The van der Waals surface area contributed by atoms with Crippen molar-refractivity contribution in [3.63, 3.8) is 0 Å². The highest BCUT2D eigenvalue weighted by molar-refractivity contribution is 7.60. The van der Waals surface area contributed by atoms with Crippen LogP contribution in [-0.2, 0) is 14.2 Å². The molecule has 18 atom stereocenters. The first kappa shape index (κ1) is 40.2. The predicted molar refractivity (Wildman–Crippen MR) is 250 cm³/mol. The molecule has 5 nitrogen and oxygen atoms in total. The number of rotatable bonds is 3. The van der Waals surface area contributed by atoms with Crippen molar-refractivity contribution >= 4 is 7.92 Å². The molecule has 5 saturated heterocycles. The molecule has 0 spiro atoms. The summed E-state index contributed by atoms with van der Waals surface area (Å²) in [7, 11) is -0.370. The molecule has 0 amide bonds. The van der Waals surface area contributed by atoms with Gasteiger partial charge >= 0.3 is 0 Å². The van der Waals surface area contributed by atoms with Crippen LogP contribution < -0.4 is 0 Å². The summed E-state index contributed by atoms with van der Waals surface area (Å²) in [5.41, 5.74) is 6.98. The molecular weight excluding hydrogens is 780 g/mol. The number of hydrogen-bond acceptors (Lipinski definition) is 5. The molecule has 0 radical (unpaired) electrons. The number of morpholine rings is 2. The van der Waals surface area contributed by atoms with E-state index >= 15 is 0 Å². The normalized spacial score (nSPS) is 48.0. The van der Waals surface area contributed by atoms with Gasteiger partial charge in [-0.3, -0.25) is 9.80 Å².